The molecule has 0 aliphatic heterocycles. The van der Waals surface area contributed by atoms with E-state index in [0.29, 0.717) is 29.3 Å². The molecule has 1 atom stereocenters. The van der Waals surface area contributed by atoms with Gasteiger partial charge in [-0.15, -0.1) is 0 Å². The summed E-state index contributed by atoms with van der Waals surface area (Å²) in [7, 11) is 3.07. The van der Waals surface area contributed by atoms with Crippen LogP contribution in [0.3, 0.4) is 0 Å². The van der Waals surface area contributed by atoms with Crippen molar-refractivity contribution in [2.45, 2.75) is 33.2 Å². The lowest BCUT2D eigenvalue weighted by molar-refractivity contribution is -0.119. The molecule has 1 N–H and O–H groups in total. The number of benzene rings is 2. The van der Waals surface area contributed by atoms with Crippen molar-refractivity contribution in [3.63, 3.8) is 0 Å². The van der Waals surface area contributed by atoms with Crippen molar-refractivity contribution in [3.05, 3.63) is 70.0 Å². The minimum absolute atomic E-state index is 0.330. The Morgan fingerprint density at radius 3 is 2.45 bits per heavy atom. The summed E-state index contributed by atoms with van der Waals surface area (Å²) in [4.78, 5) is 25.6. The first-order chi connectivity index (χ1) is 14.9. The van der Waals surface area contributed by atoms with Gasteiger partial charge >= 0.3 is 0 Å². The van der Waals surface area contributed by atoms with Gasteiger partial charge in [-0.25, -0.2) is 4.68 Å². The Balaban J connectivity index is 1.94. The number of nitrogens with one attached hydrogen (secondary N) is 1. The predicted octanol–water partition coefficient (Wildman–Crippen LogP) is 4.13. The fourth-order valence-electron chi connectivity index (χ4n) is 3.41. The molecule has 31 heavy (non-hydrogen) atoms. The average Bonchev–Trinajstić information content (AvgIpc) is 2.77. The van der Waals surface area contributed by atoms with E-state index in [4.69, 9.17) is 9.47 Å². The number of aromatic nitrogens is 2. The summed E-state index contributed by atoms with van der Waals surface area (Å²) < 4.78 is 11.8. The fourth-order valence-corrected chi connectivity index (χ4v) is 3.41. The molecule has 0 aliphatic carbocycles. The maximum atomic E-state index is 13.0. The van der Waals surface area contributed by atoms with Gasteiger partial charge in [0.1, 0.15) is 6.04 Å². The van der Waals surface area contributed by atoms with E-state index in [0.717, 1.165) is 16.7 Å². The molecule has 3 aromatic rings. The van der Waals surface area contributed by atoms with E-state index in [2.05, 4.69) is 10.4 Å². The van der Waals surface area contributed by atoms with Crippen LogP contribution < -0.4 is 20.3 Å². The van der Waals surface area contributed by atoms with Crippen molar-refractivity contribution in [2.24, 2.45) is 0 Å². The van der Waals surface area contributed by atoms with Crippen LogP contribution in [0.4, 0.5) is 5.69 Å². The molecule has 0 saturated heterocycles. The minimum atomic E-state index is -0.759. The fraction of sp³-hybridized carbons (Fsp3) is 0.292. The van der Waals surface area contributed by atoms with E-state index in [1.54, 1.807) is 31.4 Å². The van der Waals surface area contributed by atoms with Crippen LogP contribution in [0.1, 0.15) is 30.5 Å². The summed E-state index contributed by atoms with van der Waals surface area (Å²) in [6.45, 7) is 5.84. The molecule has 0 spiro atoms. The lowest BCUT2D eigenvalue weighted by atomic mass is 10.0. The largest absolute Gasteiger partial charge is 0.493 e. The van der Waals surface area contributed by atoms with Crippen LogP contribution in [0.25, 0.3) is 11.3 Å². The Morgan fingerprint density at radius 2 is 1.77 bits per heavy atom. The molecular formula is C24H27N3O4. The van der Waals surface area contributed by atoms with Crippen molar-refractivity contribution in [2.75, 3.05) is 19.5 Å². The quantitative estimate of drug-likeness (QED) is 0.620. The van der Waals surface area contributed by atoms with Crippen molar-refractivity contribution in [1.29, 1.82) is 0 Å². The minimum Gasteiger partial charge on any atom is -0.493 e. The van der Waals surface area contributed by atoms with Gasteiger partial charge in [-0.3, -0.25) is 9.59 Å². The monoisotopic (exact) mass is 421 g/mol. The molecule has 1 unspecified atom stereocenters. The molecule has 1 aromatic heterocycles. The van der Waals surface area contributed by atoms with Crippen LogP contribution in [0.15, 0.2) is 53.3 Å². The maximum Gasteiger partial charge on any atom is 0.267 e. The van der Waals surface area contributed by atoms with Crippen LogP contribution >= 0.6 is 0 Å². The smallest absolute Gasteiger partial charge is 0.267 e. The van der Waals surface area contributed by atoms with E-state index < -0.39 is 6.04 Å². The molecule has 0 aliphatic rings. The zero-order valence-corrected chi connectivity index (χ0v) is 18.4. The molecule has 162 valence electrons. The molecule has 0 radical (unpaired) electrons. The van der Waals surface area contributed by atoms with Crippen molar-refractivity contribution >= 4 is 11.6 Å². The van der Waals surface area contributed by atoms with Gasteiger partial charge in [0.05, 0.1) is 19.9 Å². The van der Waals surface area contributed by atoms with Gasteiger partial charge in [0.25, 0.3) is 5.56 Å². The first kappa shape index (κ1) is 22.1. The zero-order valence-electron chi connectivity index (χ0n) is 18.4. The Bertz CT molecular complexity index is 1150. The second kappa shape index (κ2) is 9.47. The normalized spacial score (nSPS) is 11.6. The Morgan fingerprint density at radius 1 is 1.03 bits per heavy atom. The van der Waals surface area contributed by atoms with Gasteiger partial charge in [0, 0.05) is 23.4 Å². The SMILES string of the molecule is CCC(C(=O)Nc1ccc(OC)c(OC)c1)n1nc(-c2cc(C)ccc2C)ccc1=O. The number of amides is 1. The number of nitrogens with zero attached hydrogens (tertiary/aromatic N) is 2. The molecule has 1 amide bonds. The van der Waals surface area contributed by atoms with Gasteiger partial charge in [-0.2, -0.15) is 5.10 Å². The Kier molecular flexibility index (Phi) is 6.74. The lowest BCUT2D eigenvalue weighted by Crippen LogP contribution is -2.34. The number of rotatable bonds is 7. The number of carbonyl (C=O) groups excluding carboxylic acids is 1. The van der Waals surface area contributed by atoms with E-state index in [1.165, 1.54) is 17.9 Å². The molecule has 0 fully saturated rings. The second-order valence-electron chi connectivity index (χ2n) is 7.30. The number of carbonyl (C=O) groups is 1. The van der Waals surface area contributed by atoms with Gasteiger partial charge in [-0.1, -0.05) is 24.6 Å². The second-order valence-corrected chi connectivity index (χ2v) is 7.30. The molecule has 1 heterocycles. The van der Waals surface area contributed by atoms with Gasteiger partial charge < -0.3 is 14.8 Å². The first-order valence-corrected chi connectivity index (χ1v) is 10.1. The predicted molar refractivity (Wildman–Crippen MR) is 121 cm³/mol. The van der Waals surface area contributed by atoms with Crippen LogP contribution in [0.5, 0.6) is 11.5 Å². The topological polar surface area (TPSA) is 82.4 Å². The number of anilines is 1. The third kappa shape index (κ3) is 4.77. The molecule has 7 heteroatoms. The average molecular weight is 421 g/mol. The summed E-state index contributed by atoms with van der Waals surface area (Å²) in [6.07, 6.45) is 0.405. The molecule has 0 bridgehead atoms. The van der Waals surface area contributed by atoms with Gasteiger partial charge in [0.2, 0.25) is 5.91 Å². The number of ether oxygens (including phenoxy) is 2. The third-order valence-electron chi connectivity index (χ3n) is 5.13. The summed E-state index contributed by atoms with van der Waals surface area (Å²) in [5, 5.41) is 7.39. The van der Waals surface area contributed by atoms with E-state index in [-0.39, 0.29) is 11.5 Å². The van der Waals surface area contributed by atoms with E-state index in [9.17, 15) is 9.59 Å². The first-order valence-electron chi connectivity index (χ1n) is 10.1. The summed E-state index contributed by atoms with van der Waals surface area (Å²) in [6, 6.07) is 13.6. The molecule has 3 rings (SSSR count). The standard InChI is InChI=1S/C24H27N3O4/c1-6-20(24(29)25-17-9-11-21(30-4)22(14-17)31-5)27-23(28)12-10-19(26-27)18-13-15(2)7-8-16(18)3/h7-14,20H,6H2,1-5H3,(H,25,29). The maximum absolute atomic E-state index is 13.0. The third-order valence-corrected chi connectivity index (χ3v) is 5.13. The molecule has 7 nitrogen and oxygen atoms in total. The van der Waals surface area contributed by atoms with Gasteiger partial charge in [-0.05, 0) is 50.1 Å². The number of hydrogen-bond acceptors (Lipinski definition) is 5. The summed E-state index contributed by atoms with van der Waals surface area (Å²) in [5.41, 5.74) is 3.94. The van der Waals surface area contributed by atoms with E-state index >= 15 is 0 Å². The summed E-state index contributed by atoms with van der Waals surface area (Å²) >= 11 is 0. The highest BCUT2D eigenvalue weighted by Crippen LogP contribution is 2.30. The Labute approximate surface area is 181 Å². The number of hydrogen-bond donors (Lipinski definition) is 1. The highest BCUT2D eigenvalue weighted by molar-refractivity contribution is 5.94. The van der Waals surface area contributed by atoms with E-state index in [1.807, 2.05) is 39.0 Å². The molecule has 2 aromatic carbocycles. The van der Waals surface area contributed by atoms with Crippen molar-refractivity contribution in [3.8, 4) is 22.8 Å². The van der Waals surface area contributed by atoms with Crippen LogP contribution in [0.2, 0.25) is 0 Å². The number of aryl methyl sites for hydroxylation is 2. The Hall–Kier alpha value is -3.61. The highest BCUT2D eigenvalue weighted by atomic mass is 16.5. The molecular weight excluding hydrogens is 394 g/mol. The summed E-state index contributed by atoms with van der Waals surface area (Å²) in [5.74, 6) is 0.731. The van der Waals surface area contributed by atoms with Crippen LogP contribution in [0, 0.1) is 13.8 Å². The lowest BCUT2D eigenvalue weighted by Gasteiger charge is -2.18. The van der Waals surface area contributed by atoms with Crippen LogP contribution in [-0.2, 0) is 4.79 Å². The van der Waals surface area contributed by atoms with Gasteiger partial charge in [0.15, 0.2) is 11.5 Å². The van der Waals surface area contributed by atoms with Crippen molar-refractivity contribution in [1.82, 2.24) is 9.78 Å². The van der Waals surface area contributed by atoms with Crippen molar-refractivity contribution < 1.29 is 14.3 Å². The van der Waals surface area contributed by atoms with Crippen LogP contribution in [-0.4, -0.2) is 29.9 Å². The molecule has 0 saturated carbocycles. The highest BCUT2D eigenvalue weighted by Gasteiger charge is 2.22. The zero-order chi connectivity index (χ0) is 22.5. The number of methoxy groups -OCH3 is 2.